The van der Waals surface area contributed by atoms with E-state index < -0.39 is 37.9 Å². The first-order chi connectivity index (χ1) is 6.75. The highest BCUT2D eigenvalue weighted by Crippen LogP contribution is 2.30. The lowest BCUT2D eigenvalue weighted by Gasteiger charge is -2.07. The maximum atomic E-state index is 12.8. The van der Waals surface area contributed by atoms with Gasteiger partial charge >= 0.3 is 0 Å². The molecule has 0 bridgehead atoms. The Bertz CT molecular complexity index is 491. The molecule has 0 amide bonds. The number of alkyl halides is 2. The van der Waals surface area contributed by atoms with Crippen LogP contribution in [-0.2, 0) is 10.0 Å². The first-order valence-electron chi connectivity index (χ1n) is 3.40. The van der Waals surface area contributed by atoms with E-state index in [4.69, 9.17) is 11.6 Å². The fraction of sp³-hybridized carbons (Fsp3) is 0.167. The van der Waals surface area contributed by atoms with Crippen LogP contribution in [0.3, 0.4) is 0 Å². The second kappa shape index (κ2) is 3.95. The molecule has 0 unspecified atom stereocenters. The molecule has 15 heavy (non-hydrogen) atoms. The van der Waals surface area contributed by atoms with Crippen LogP contribution in [0.4, 0.5) is 13.2 Å². The molecule has 4 nitrogen and oxygen atoms in total. The molecular weight excluding hydrogens is 257 g/mol. The van der Waals surface area contributed by atoms with E-state index in [0.717, 1.165) is 0 Å². The zero-order valence-corrected chi connectivity index (χ0v) is 8.49. The van der Waals surface area contributed by atoms with Crippen molar-refractivity contribution in [3.05, 3.63) is 22.7 Å². The fourth-order valence-corrected chi connectivity index (χ4v) is 2.14. The summed E-state index contributed by atoms with van der Waals surface area (Å²) < 4.78 is 59.2. The molecule has 84 valence electrons. The Hall–Kier alpha value is -0.860. The normalized spacial score (nSPS) is 12.1. The molecule has 0 aliphatic rings. The standard InChI is InChI=1S/C6H4ClF3N2O2S/c7-3-2(8)1-12-4(6(9)10)5(3)15(11,13)14/h1,6H,(H2,11,13,14). The average Bonchev–Trinajstić information content (AvgIpc) is 2.06. The number of sulfonamides is 1. The highest BCUT2D eigenvalue weighted by atomic mass is 35.5. The fourth-order valence-electron chi connectivity index (χ4n) is 0.889. The van der Waals surface area contributed by atoms with E-state index in [1.165, 1.54) is 0 Å². The summed E-state index contributed by atoms with van der Waals surface area (Å²) in [6.45, 7) is 0. The molecule has 0 saturated heterocycles. The van der Waals surface area contributed by atoms with Crippen LogP contribution < -0.4 is 5.14 Å². The van der Waals surface area contributed by atoms with Crippen LogP contribution in [-0.4, -0.2) is 13.4 Å². The second-order valence-corrected chi connectivity index (χ2v) is 4.36. The lowest BCUT2D eigenvalue weighted by atomic mass is 10.3. The van der Waals surface area contributed by atoms with Crippen molar-refractivity contribution in [2.24, 2.45) is 5.14 Å². The van der Waals surface area contributed by atoms with E-state index in [9.17, 15) is 21.6 Å². The van der Waals surface area contributed by atoms with Crippen molar-refractivity contribution < 1.29 is 21.6 Å². The van der Waals surface area contributed by atoms with Crippen molar-refractivity contribution in [1.29, 1.82) is 0 Å². The number of hydrogen-bond donors (Lipinski definition) is 1. The topological polar surface area (TPSA) is 73.1 Å². The Morgan fingerprint density at radius 1 is 1.47 bits per heavy atom. The Balaban J connectivity index is 3.65. The van der Waals surface area contributed by atoms with Crippen molar-refractivity contribution in [3.8, 4) is 0 Å². The number of rotatable bonds is 2. The number of aromatic nitrogens is 1. The number of hydrogen-bond acceptors (Lipinski definition) is 3. The molecule has 0 spiro atoms. The number of nitrogens with zero attached hydrogens (tertiary/aromatic N) is 1. The van der Waals surface area contributed by atoms with Gasteiger partial charge in [-0.3, -0.25) is 4.98 Å². The number of pyridine rings is 1. The summed E-state index contributed by atoms with van der Waals surface area (Å²) in [5.74, 6) is -1.23. The van der Waals surface area contributed by atoms with Gasteiger partial charge in [0.2, 0.25) is 10.0 Å². The van der Waals surface area contributed by atoms with Crippen LogP contribution in [0.2, 0.25) is 5.02 Å². The summed E-state index contributed by atoms with van der Waals surface area (Å²) in [5.41, 5.74) is -1.16. The van der Waals surface area contributed by atoms with Gasteiger partial charge in [0.25, 0.3) is 6.43 Å². The van der Waals surface area contributed by atoms with E-state index in [-0.39, 0.29) is 0 Å². The molecule has 0 aliphatic heterocycles. The second-order valence-electron chi connectivity index (χ2n) is 2.48. The predicted molar refractivity (Wildman–Crippen MR) is 45.5 cm³/mol. The first kappa shape index (κ1) is 12.2. The Labute approximate surface area is 87.9 Å². The van der Waals surface area contributed by atoms with Gasteiger partial charge in [0.1, 0.15) is 15.6 Å². The minimum absolute atomic E-state index is 0.401. The van der Waals surface area contributed by atoms with Gasteiger partial charge in [0, 0.05) is 0 Å². The van der Waals surface area contributed by atoms with Gasteiger partial charge in [-0.1, -0.05) is 11.6 Å². The van der Waals surface area contributed by atoms with Crippen LogP contribution in [0.1, 0.15) is 12.1 Å². The Morgan fingerprint density at radius 2 is 2.00 bits per heavy atom. The zero-order chi connectivity index (χ0) is 11.8. The van der Waals surface area contributed by atoms with Crippen LogP contribution in [0, 0.1) is 5.82 Å². The van der Waals surface area contributed by atoms with Crippen molar-refractivity contribution in [2.45, 2.75) is 11.3 Å². The maximum Gasteiger partial charge on any atom is 0.281 e. The minimum atomic E-state index is -4.55. The molecule has 1 aromatic heterocycles. The molecular formula is C6H4ClF3N2O2S. The SMILES string of the molecule is NS(=O)(=O)c1c(C(F)F)ncc(F)c1Cl. The molecule has 0 radical (unpaired) electrons. The van der Waals surface area contributed by atoms with Gasteiger partial charge in [-0.05, 0) is 0 Å². The molecule has 0 aliphatic carbocycles. The van der Waals surface area contributed by atoms with Gasteiger partial charge in [-0.15, -0.1) is 0 Å². The molecule has 2 N–H and O–H groups in total. The summed E-state index contributed by atoms with van der Waals surface area (Å²) in [5, 5.41) is 3.63. The quantitative estimate of drug-likeness (QED) is 0.875. The highest BCUT2D eigenvalue weighted by Gasteiger charge is 2.27. The van der Waals surface area contributed by atoms with Crippen molar-refractivity contribution >= 4 is 21.6 Å². The van der Waals surface area contributed by atoms with E-state index in [1.807, 2.05) is 0 Å². The number of halogens is 4. The third-order valence-corrected chi connectivity index (χ3v) is 2.91. The van der Waals surface area contributed by atoms with Crippen LogP contribution in [0.15, 0.2) is 11.1 Å². The minimum Gasteiger partial charge on any atom is -0.251 e. The van der Waals surface area contributed by atoms with Crippen molar-refractivity contribution in [1.82, 2.24) is 4.98 Å². The van der Waals surface area contributed by atoms with Crippen LogP contribution in [0.25, 0.3) is 0 Å². The molecule has 1 rings (SSSR count). The largest absolute Gasteiger partial charge is 0.281 e. The van der Waals surface area contributed by atoms with Crippen LogP contribution >= 0.6 is 11.6 Å². The smallest absolute Gasteiger partial charge is 0.251 e. The van der Waals surface area contributed by atoms with E-state index in [1.54, 1.807) is 0 Å². The predicted octanol–water partition coefficient (Wildman–Crippen LogP) is 1.46. The summed E-state index contributed by atoms with van der Waals surface area (Å²) in [6, 6.07) is 0. The van der Waals surface area contributed by atoms with Gasteiger partial charge in [0.05, 0.1) is 6.20 Å². The molecule has 0 aromatic carbocycles. The monoisotopic (exact) mass is 260 g/mol. The van der Waals surface area contributed by atoms with Gasteiger partial charge in [-0.2, -0.15) is 0 Å². The van der Waals surface area contributed by atoms with Crippen LogP contribution in [0.5, 0.6) is 0 Å². The number of primary sulfonamides is 1. The first-order valence-corrected chi connectivity index (χ1v) is 5.32. The summed E-state index contributed by atoms with van der Waals surface area (Å²) in [6.07, 6.45) is -2.81. The lowest BCUT2D eigenvalue weighted by molar-refractivity contribution is 0.142. The molecule has 9 heteroatoms. The molecule has 0 saturated carbocycles. The Morgan fingerprint density at radius 3 is 2.40 bits per heavy atom. The molecule has 1 aromatic rings. The third-order valence-electron chi connectivity index (χ3n) is 1.45. The van der Waals surface area contributed by atoms with Crippen molar-refractivity contribution in [2.75, 3.05) is 0 Å². The molecule has 1 heterocycles. The van der Waals surface area contributed by atoms with Gasteiger partial charge < -0.3 is 0 Å². The molecule has 0 fully saturated rings. The van der Waals surface area contributed by atoms with Gasteiger partial charge in [0.15, 0.2) is 5.82 Å². The zero-order valence-electron chi connectivity index (χ0n) is 6.92. The lowest BCUT2D eigenvalue weighted by Crippen LogP contribution is -2.17. The summed E-state index contributed by atoms with van der Waals surface area (Å²) in [7, 11) is -4.55. The maximum absolute atomic E-state index is 12.8. The van der Waals surface area contributed by atoms with Crippen molar-refractivity contribution in [3.63, 3.8) is 0 Å². The third kappa shape index (κ3) is 2.39. The number of nitrogens with two attached hydrogens (primary N) is 1. The summed E-state index contributed by atoms with van der Waals surface area (Å²) in [4.78, 5) is 1.76. The summed E-state index contributed by atoms with van der Waals surface area (Å²) >= 11 is 5.22. The Kier molecular flexibility index (Phi) is 3.22. The van der Waals surface area contributed by atoms with E-state index in [2.05, 4.69) is 10.1 Å². The van der Waals surface area contributed by atoms with Gasteiger partial charge in [-0.25, -0.2) is 26.7 Å². The molecule has 0 atom stereocenters. The van der Waals surface area contributed by atoms with E-state index in [0.29, 0.717) is 6.20 Å². The average molecular weight is 261 g/mol. The van der Waals surface area contributed by atoms with E-state index >= 15 is 0 Å². The highest BCUT2D eigenvalue weighted by molar-refractivity contribution is 7.89.